The van der Waals surface area contributed by atoms with Crippen LogP contribution in [0.5, 0.6) is 0 Å². The SMILES string of the molecule is CCNS(=O)(=O)N1CCCCC1CO. The molecule has 1 atom stereocenters. The monoisotopic (exact) mass is 222 g/mol. The minimum atomic E-state index is -3.37. The number of nitrogens with zero attached hydrogens (tertiary/aromatic N) is 1. The predicted molar refractivity (Wildman–Crippen MR) is 54.0 cm³/mol. The van der Waals surface area contributed by atoms with Gasteiger partial charge in [-0.15, -0.1) is 0 Å². The van der Waals surface area contributed by atoms with E-state index < -0.39 is 10.2 Å². The van der Waals surface area contributed by atoms with Gasteiger partial charge < -0.3 is 5.11 Å². The Morgan fingerprint density at radius 3 is 2.79 bits per heavy atom. The molecule has 0 bridgehead atoms. The van der Waals surface area contributed by atoms with E-state index in [1.54, 1.807) is 6.92 Å². The summed E-state index contributed by atoms with van der Waals surface area (Å²) >= 11 is 0. The molecule has 2 N–H and O–H groups in total. The lowest BCUT2D eigenvalue weighted by Crippen LogP contribution is -2.50. The van der Waals surface area contributed by atoms with Crippen LogP contribution in [0.15, 0.2) is 0 Å². The molecule has 5 nitrogen and oxygen atoms in total. The van der Waals surface area contributed by atoms with Crippen LogP contribution in [0.1, 0.15) is 26.2 Å². The second kappa shape index (κ2) is 5.06. The summed E-state index contributed by atoms with van der Waals surface area (Å²) in [7, 11) is -3.37. The first-order valence-electron chi connectivity index (χ1n) is 4.99. The van der Waals surface area contributed by atoms with Crippen LogP contribution in [0.25, 0.3) is 0 Å². The zero-order valence-electron chi connectivity index (χ0n) is 8.44. The van der Waals surface area contributed by atoms with Crippen molar-refractivity contribution in [2.45, 2.75) is 32.2 Å². The summed E-state index contributed by atoms with van der Waals surface area (Å²) in [5.74, 6) is 0. The van der Waals surface area contributed by atoms with Crippen molar-refractivity contribution in [1.82, 2.24) is 9.03 Å². The second-order valence-corrected chi connectivity index (χ2v) is 5.15. The molecular weight excluding hydrogens is 204 g/mol. The topological polar surface area (TPSA) is 69.6 Å². The van der Waals surface area contributed by atoms with Crippen molar-refractivity contribution in [3.05, 3.63) is 0 Å². The van der Waals surface area contributed by atoms with Gasteiger partial charge in [0.2, 0.25) is 0 Å². The van der Waals surface area contributed by atoms with Gasteiger partial charge in [-0.3, -0.25) is 0 Å². The molecule has 0 aromatic heterocycles. The summed E-state index contributed by atoms with van der Waals surface area (Å²) in [5, 5.41) is 9.06. The first-order chi connectivity index (χ1) is 6.61. The van der Waals surface area contributed by atoms with Gasteiger partial charge in [-0.2, -0.15) is 12.7 Å². The van der Waals surface area contributed by atoms with Gasteiger partial charge in [-0.1, -0.05) is 13.3 Å². The molecule has 0 radical (unpaired) electrons. The van der Waals surface area contributed by atoms with Gasteiger partial charge in [0.15, 0.2) is 0 Å². The number of hydrogen-bond acceptors (Lipinski definition) is 3. The van der Waals surface area contributed by atoms with E-state index in [1.807, 2.05) is 0 Å². The van der Waals surface area contributed by atoms with Gasteiger partial charge in [0.05, 0.1) is 6.61 Å². The summed E-state index contributed by atoms with van der Waals surface area (Å²) in [6.07, 6.45) is 2.62. The van der Waals surface area contributed by atoms with Crippen LogP contribution in [0.2, 0.25) is 0 Å². The van der Waals surface area contributed by atoms with Crippen molar-refractivity contribution < 1.29 is 13.5 Å². The Bertz CT molecular complexity index is 266. The fraction of sp³-hybridized carbons (Fsp3) is 1.00. The Morgan fingerprint density at radius 1 is 1.50 bits per heavy atom. The Labute approximate surface area is 85.3 Å². The van der Waals surface area contributed by atoms with E-state index in [1.165, 1.54) is 4.31 Å². The van der Waals surface area contributed by atoms with Crippen LogP contribution in [0.3, 0.4) is 0 Å². The molecule has 6 heteroatoms. The van der Waals surface area contributed by atoms with Crippen LogP contribution < -0.4 is 4.72 Å². The molecule has 1 heterocycles. The van der Waals surface area contributed by atoms with E-state index in [9.17, 15) is 8.42 Å². The smallest absolute Gasteiger partial charge is 0.279 e. The minimum Gasteiger partial charge on any atom is -0.395 e. The second-order valence-electron chi connectivity index (χ2n) is 3.45. The fourth-order valence-electron chi connectivity index (χ4n) is 1.74. The Morgan fingerprint density at radius 2 is 2.21 bits per heavy atom. The van der Waals surface area contributed by atoms with Gasteiger partial charge in [0.1, 0.15) is 0 Å². The third kappa shape index (κ3) is 2.66. The Hall–Kier alpha value is -0.170. The third-order valence-electron chi connectivity index (χ3n) is 2.42. The van der Waals surface area contributed by atoms with E-state index in [2.05, 4.69) is 4.72 Å². The fourth-order valence-corrected chi connectivity index (χ4v) is 3.20. The largest absolute Gasteiger partial charge is 0.395 e. The minimum absolute atomic E-state index is 0.0926. The summed E-state index contributed by atoms with van der Waals surface area (Å²) in [4.78, 5) is 0. The maximum absolute atomic E-state index is 11.7. The summed E-state index contributed by atoms with van der Waals surface area (Å²) < 4.78 is 27.1. The van der Waals surface area contributed by atoms with Gasteiger partial charge in [0.25, 0.3) is 10.2 Å². The highest BCUT2D eigenvalue weighted by Crippen LogP contribution is 2.18. The van der Waals surface area contributed by atoms with E-state index in [0.717, 1.165) is 19.3 Å². The highest BCUT2D eigenvalue weighted by atomic mass is 32.2. The van der Waals surface area contributed by atoms with Gasteiger partial charge >= 0.3 is 0 Å². The molecule has 14 heavy (non-hydrogen) atoms. The molecule has 0 spiro atoms. The van der Waals surface area contributed by atoms with E-state index in [4.69, 9.17) is 5.11 Å². The Balaban J connectivity index is 2.72. The third-order valence-corrected chi connectivity index (χ3v) is 4.17. The predicted octanol–water partition coefficient (Wildman–Crippen LogP) is -0.313. The van der Waals surface area contributed by atoms with E-state index in [-0.39, 0.29) is 12.6 Å². The lowest BCUT2D eigenvalue weighted by Gasteiger charge is -2.33. The van der Waals surface area contributed by atoms with Crippen molar-refractivity contribution in [2.75, 3.05) is 19.7 Å². The number of aliphatic hydroxyl groups is 1. The maximum atomic E-state index is 11.7. The molecule has 0 aromatic carbocycles. The van der Waals surface area contributed by atoms with E-state index >= 15 is 0 Å². The zero-order chi connectivity index (χ0) is 10.6. The van der Waals surface area contributed by atoms with Crippen LogP contribution in [0, 0.1) is 0 Å². The zero-order valence-corrected chi connectivity index (χ0v) is 9.26. The van der Waals surface area contributed by atoms with Crippen LogP contribution in [-0.4, -0.2) is 43.6 Å². The normalized spacial score (nSPS) is 25.1. The molecule has 0 amide bonds. The molecule has 1 saturated heterocycles. The first kappa shape index (κ1) is 11.9. The van der Waals surface area contributed by atoms with Crippen LogP contribution in [-0.2, 0) is 10.2 Å². The molecule has 1 rings (SSSR count). The molecule has 1 aliphatic heterocycles. The molecule has 84 valence electrons. The summed E-state index contributed by atoms with van der Waals surface area (Å²) in [6.45, 7) is 2.55. The summed E-state index contributed by atoms with van der Waals surface area (Å²) in [5.41, 5.74) is 0. The van der Waals surface area contributed by atoms with Gasteiger partial charge in [-0.05, 0) is 12.8 Å². The number of piperidine rings is 1. The quantitative estimate of drug-likeness (QED) is 0.685. The van der Waals surface area contributed by atoms with Gasteiger partial charge in [0, 0.05) is 19.1 Å². The number of rotatable bonds is 4. The Kier molecular flexibility index (Phi) is 4.31. The average molecular weight is 222 g/mol. The molecular formula is C8H18N2O3S. The van der Waals surface area contributed by atoms with Crippen LogP contribution >= 0.6 is 0 Å². The molecule has 1 aliphatic rings. The highest BCUT2D eigenvalue weighted by Gasteiger charge is 2.30. The average Bonchev–Trinajstić information content (AvgIpc) is 2.18. The lowest BCUT2D eigenvalue weighted by molar-refractivity contribution is 0.154. The molecule has 0 aliphatic carbocycles. The van der Waals surface area contributed by atoms with E-state index in [0.29, 0.717) is 13.1 Å². The number of nitrogens with one attached hydrogen (secondary N) is 1. The molecule has 0 aromatic rings. The lowest BCUT2D eigenvalue weighted by atomic mass is 10.1. The van der Waals surface area contributed by atoms with Crippen molar-refractivity contribution in [3.8, 4) is 0 Å². The van der Waals surface area contributed by atoms with Gasteiger partial charge in [-0.25, -0.2) is 4.72 Å². The van der Waals surface area contributed by atoms with Crippen LogP contribution in [0.4, 0.5) is 0 Å². The van der Waals surface area contributed by atoms with Crippen molar-refractivity contribution in [2.24, 2.45) is 0 Å². The standard InChI is InChI=1S/C8H18N2O3S/c1-2-9-14(12,13)10-6-4-3-5-8(10)7-11/h8-9,11H,2-7H2,1H3. The maximum Gasteiger partial charge on any atom is 0.279 e. The molecule has 0 saturated carbocycles. The number of hydrogen-bond donors (Lipinski definition) is 2. The first-order valence-corrected chi connectivity index (χ1v) is 6.43. The molecule has 1 unspecified atom stereocenters. The highest BCUT2D eigenvalue weighted by molar-refractivity contribution is 7.87. The summed E-state index contributed by atoms with van der Waals surface area (Å²) in [6, 6.07) is -0.243. The van der Waals surface area contributed by atoms with Crippen molar-refractivity contribution in [1.29, 1.82) is 0 Å². The molecule has 1 fully saturated rings. The van der Waals surface area contributed by atoms with Crippen molar-refractivity contribution >= 4 is 10.2 Å². The van der Waals surface area contributed by atoms with Crippen molar-refractivity contribution in [3.63, 3.8) is 0 Å². The number of aliphatic hydroxyl groups excluding tert-OH is 1.